The fraction of sp³-hybridized carbons (Fsp3) is 0.200. The maximum Gasteiger partial charge on any atom is 0.356 e. The molecule has 4 heteroatoms. The zero-order chi connectivity index (χ0) is 10.6. The maximum atomic E-state index is 11.3. The van der Waals surface area contributed by atoms with Crippen molar-refractivity contribution in [1.29, 1.82) is 0 Å². The maximum absolute atomic E-state index is 11.3. The van der Waals surface area contributed by atoms with Gasteiger partial charge in [-0.25, -0.2) is 4.79 Å². The third kappa shape index (κ3) is 2.67. The van der Waals surface area contributed by atoms with Crippen LogP contribution in [-0.4, -0.2) is 31.4 Å². The molecule has 0 heterocycles. The van der Waals surface area contributed by atoms with Crippen molar-refractivity contribution in [3.63, 3.8) is 0 Å². The minimum Gasteiger partial charge on any atom is -0.364 e. The Morgan fingerprint density at radius 2 is 1.86 bits per heavy atom. The van der Waals surface area contributed by atoms with Gasteiger partial charge in [0.25, 0.3) is 0 Å². The summed E-state index contributed by atoms with van der Waals surface area (Å²) >= 11 is 0. The van der Waals surface area contributed by atoms with E-state index in [2.05, 4.69) is 0 Å². The molecule has 0 aromatic heterocycles. The van der Waals surface area contributed by atoms with Gasteiger partial charge in [0.1, 0.15) is 6.29 Å². The second-order valence-corrected chi connectivity index (χ2v) is 2.93. The SMILES string of the molecule is CN(C)OC(=O)c1ccc(C=O)cc1. The molecule has 74 valence electrons. The lowest BCUT2D eigenvalue weighted by Gasteiger charge is -2.09. The molecular formula is C10H11NO3. The molecule has 4 nitrogen and oxygen atoms in total. The lowest BCUT2D eigenvalue weighted by atomic mass is 10.1. The van der Waals surface area contributed by atoms with Gasteiger partial charge in [-0.3, -0.25) is 4.79 Å². The highest BCUT2D eigenvalue weighted by atomic mass is 16.7. The fourth-order valence-electron chi connectivity index (χ4n) is 0.916. The molecule has 0 atom stereocenters. The highest BCUT2D eigenvalue weighted by Crippen LogP contribution is 2.04. The number of hydrogen-bond acceptors (Lipinski definition) is 4. The number of carbonyl (C=O) groups is 2. The number of carbonyl (C=O) groups excluding carboxylic acids is 2. The van der Waals surface area contributed by atoms with Crippen molar-refractivity contribution in [2.45, 2.75) is 0 Å². The summed E-state index contributed by atoms with van der Waals surface area (Å²) < 4.78 is 0. The molecule has 14 heavy (non-hydrogen) atoms. The molecule has 1 rings (SSSR count). The molecular weight excluding hydrogens is 182 g/mol. The van der Waals surface area contributed by atoms with Crippen molar-refractivity contribution >= 4 is 12.3 Å². The van der Waals surface area contributed by atoms with Gasteiger partial charge < -0.3 is 4.84 Å². The van der Waals surface area contributed by atoms with Crippen LogP contribution in [0.5, 0.6) is 0 Å². The Morgan fingerprint density at radius 3 is 2.29 bits per heavy atom. The van der Waals surface area contributed by atoms with E-state index in [9.17, 15) is 9.59 Å². The molecule has 0 fully saturated rings. The van der Waals surface area contributed by atoms with E-state index >= 15 is 0 Å². The Kier molecular flexibility index (Phi) is 3.36. The van der Waals surface area contributed by atoms with Crippen molar-refractivity contribution in [3.05, 3.63) is 35.4 Å². The van der Waals surface area contributed by atoms with Crippen LogP contribution in [-0.2, 0) is 4.84 Å². The van der Waals surface area contributed by atoms with Gasteiger partial charge >= 0.3 is 5.97 Å². The van der Waals surface area contributed by atoms with Gasteiger partial charge in [-0.15, -0.1) is 5.06 Å². The third-order valence-electron chi connectivity index (χ3n) is 1.55. The van der Waals surface area contributed by atoms with Gasteiger partial charge in [0.05, 0.1) is 5.56 Å². The number of aldehydes is 1. The summed E-state index contributed by atoms with van der Waals surface area (Å²) in [6, 6.07) is 6.24. The first-order valence-electron chi connectivity index (χ1n) is 4.08. The van der Waals surface area contributed by atoms with Crippen LogP contribution >= 0.6 is 0 Å². The Balaban J connectivity index is 2.76. The van der Waals surface area contributed by atoms with Crippen LogP contribution in [0.1, 0.15) is 20.7 Å². The van der Waals surface area contributed by atoms with Crippen LogP contribution in [0, 0.1) is 0 Å². The molecule has 0 N–H and O–H groups in total. The zero-order valence-corrected chi connectivity index (χ0v) is 8.06. The topological polar surface area (TPSA) is 46.6 Å². The molecule has 0 bridgehead atoms. The smallest absolute Gasteiger partial charge is 0.356 e. The summed E-state index contributed by atoms with van der Waals surface area (Å²) in [6.45, 7) is 0. The molecule has 0 aliphatic carbocycles. The molecule has 0 radical (unpaired) electrons. The molecule has 0 aliphatic rings. The van der Waals surface area contributed by atoms with Gasteiger partial charge in [-0.1, -0.05) is 12.1 Å². The Labute approximate surface area is 82.0 Å². The highest BCUT2D eigenvalue weighted by Gasteiger charge is 2.07. The van der Waals surface area contributed by atoms with Crippen molar-refractivity contribution < 1.29 is 14.4 Å². The number of hydrogen-bond donors (Lipinski definition) is 0. The summed E-state index contributed by atoms with van der Waals surface area (Å²) in [6.07, 6.45) is 0.723. The largest absolute Gasteiger partial charge is 0.364 e. The summed E-state index contributed by atoms with van der Waals surface area (Å²) in [5.74, 6) is -0.438. The summed E-state index contributed by atoms with van der Waals surface area (Å²) in [7, 11) is 3.25. The zero-order valence-electron chi connectivity index (χ0n) is 8.06. The average Bonchev–Trinajstić information content (AvgIpc) is 2.17. The molecule has 0 unspecified atom stereocenters. The average molecular weight is 193 g/mol. The van der Waals surface area contributed by atoms with Gasteiger partial charge in [0.2, 0.25) is 0 Å². The Hall–Kier alpha value is -1.68. The van der Waals surface area contributed by atoms with Crippen molar-refractivity contribution in [2.75, 3.05) is 14.1 Å². The van der Waals surface area contributed by atoms with Crippen LogP contribution in [0.2, 0.25) is 0 Å². The molecule has 0 aliphatic heterocycles. The van der Waals surface area contributed by atoms with Crippen LogP contribution < -0.4 is 0 Å². The monoisotopic (exact) mass is 193 g/mol. The molecule has 0 amide bonds. The van der Waals surface area contributed by atoms with E-state index in [4.69, 9.17) is 4.84 Å². The van der Waals surface area contributed by atoms with E-state index in [0.29, 0.717) is 11.1 Å². The summed E-state index contributed by atoms with van der Waals surface area (Å²) in [4.78, 5) is 26.5. The lowest BCUT2D eigenvalue weighted by Crippen LogP contribution is -2.18. The standard InChI is InChI=1S/C10H11NO3/c1-11(2)14-10(13)9-5-3-8(7-12)4-6-9/h3-7H,1-2H3. The van der Waals surface area contributed by atoms with Crippen LogP contribution in [0.15, 0.2) is 24.3 Å². The predicted molar refractivity (Wildman–Crippen MR) is 50.9 cm³/mol. The van der Waals surface area contributed by atoms with E-state index < -0.39 is 5.97 Å². The first-order valence-corrected chi connectivity index (χ1v) is 4.08. The minimum absolute atomic E-state index is 0.421. The third-order valence-corrected chi connectivity index (χ3v) is 1.55. The highest BCUT2D eigenvalue weighted by molar-refractivity contribution is 5.90. The van der Waals surface area contributed by atoms with Crippen LogP contribution in [0.4, 0.5) is 0 Å². The summed E-state index contributed by atoms with van der Waals surface area (Å²) in [5, 5.41) is 1.32. The van der Waals surface area contributed by atoms with Gasteiger partial charge in [-0.2, -0.15) is 0 Å². The number of hydroxylamine groups is 2. The Morgan fingerprint density at radius 1 is 1.29 bits per heavy atom. The first kappa shape index (κ1) is 10.4. The Bertz CT molecular complexity index is 330. The number of benzene rings is 1. The van der Waals surface area contributed by atoms with E-state index in [1.807, 2.05) is 0 Å². The normalized spacial score (nSPS) is 9.93. The van der Waals surface area contributed by atoms with Crippen LogP contribution in [0.25, 0.3) is 0 Å². The van der Waals surface area contributed by atoms with Crippen LogP contribution in [0.3, 0.4) is 0 Å². The molecule has 0 saturated carbocycles. The van der Waals surface area contributed by atoms with E-state index in [-0.39, 0.29) is 0 Å². The quantitative estimate of drug-likeness (QED) is 0.533. The van der Waals surface area contributed by atoms with Crippen molar-refractivity contribution in [3.8, 4) is 0 Å². The second kappa shape index (κ2) is 4.53. The molecule has 0 spiro atoms. The first-order chi connectivity index (χ1) is 6.63. The molecule has 0 saturated heterocycles. The second-order valence-electron chi connectivity index (χ2n) is 2.93. The predicted octanol–water partition coefficient (Wildman–Crippen LogP) is 1.13. The van der Waals surface area contributed by atoms with Gasteiger partial charge in [-0.05, 0) is 12.1 Å². The van der Waals surface area contributed by atoms with Gasteiger partial charge in [0.15, 0.2) is 0 Å². The number of nitrogens with zero attached hydrogens (tertiary/aromatic N) is 1. The number of rotatable bonds is 3. The lowest BCUT2D eigenvalue weighted by molar-refractivity contribution is -0.0713. The van der Waals surface area contributed by atoms with Gasteiger partial charge in [0, 0.05) is 19.7 Å². The van der Waals surface area contributed by atoms with E-state index in [1.54, 1.807) is 38.4 Å². The summed E-state index contributed by atoms with van der Waals surface area (Å²) in [5.41, 5.74) is 0.954. The minimum atomic E-state index is -0.438. The van der Waals surface area contributed by atoms with Crippen molar-refractivity contribution in [1.82, 2.24) is 5.06 Å². The fourth-order valence-corrected chi connectivity index (χ4v) is 0.916. The van der Waals surface area contributed by atoms with E-state index in [0.717, 1.165) is 6.29 Å². The molecule has 1 aromatic rings. The van der Waals surface area contributed by atoms with E-state index in [1.165, 1.54) is 5.06 Å². The van der Waals surface area contributed by atoms with Crippen molar-refractivity contribution in [2.24, 2.45) is 0 Å². The molecule has 1 aromatic carbocycles.